The lowest BCUT2D eigenvalue weighted by Crippen LogP contribution is -2.43. The van der Waals surface area contributed by atoms with Crippen LogP contribution in [0, 0.1) is 6.92 Å². The molecule has 3 aromatic heterocycles. The zero-order valence-electron chi connectivity index (χ0n) is 19.9. The number of rotatable bonds is 9. The molecular weight excluding hydrogens is 548 g/mol. The Morgan fingerprint density at radius 1 is 1.42 bits per heavy atom. The van der Waals surface area contributed by atoms with Gasteiger partial charge in [0.2, 0.25) is 0 Å². The first kappa shape index (κ1) is 24.8. The van der Waals surface area contributed by atoms with Crippen molar-refractivity contribution >= 4 is 60.7 Å². The second kappa shape index (κ2) is 10.6. The molecule has 1 aliphatic rings. The van der Waals surface area contributed by atoms with Crippen molar-refractivity contribution in [3.63, 3.8) is 0 Å². The van der Waals surface area contributed by atoms with Crippen molar-refractivity contribution in [3.8, 4) is 0 Å². The molecule has 36 heavy (non-hydrogen) atoms. The third kappa shape index (κ3) is 5.15. The van der Waals surface area contributed by atoms with E-state index in [-0.39, 0.29) is 11.9 Å². The van der Waals surface area contributed by atoms with E-state index in [0.717, 1.165) is 40.3 Å². The smallest absolute Gasteiger partial charge is 0.267 e. The number of benzene rings is 1. The van der Waals surface area contributed by atoms with E-state index in [2.05, 4.69) is 51.7 Å². The van der Waals surface area contributed by atoms with Crippen LogP contribution in [0.1, 0.15) is 28.1 Å². The highest BCUT2D eigenvalue weighted by Gasteiger charge is 2.30. The van der Waals surface area contributed by atoms with Crippen molar-refractivity contribution in [1.29, 1.82) is 0 Å². The summed E-state index contributed by atoms with van der Waals surface area (Å²) in [6.45, 7) is 3.74. The predicted octanol–water partition coefficient (Wildman–Crippen LogP) is 3.71. The zero-order chi connectivity index (χ0) is 25.2. The largest absolute Gasteiger partial charge is 0.383 e. The van der Waals surface area contributed by atoms with E-state index in [1.165, 1.54) is 17.5 Å². The lowest BCUT2D eigenvalue weighted by atomic mass is 10.2. The van der Waals surface area contributed by atoms with Crippen LogP contribution < -0.4 is 10.6 Å². The Balaban J connectivity index is 1.24. The van der Waals surface area contributed by atoms with Crippen LogP contribution >= 0.6 is 27.3 Å². The molecule has 1 fully saturated rings. The fourth-order valence-corrected chi connectivity index (χ4v) is 5.62. The molecule has 1 saturated heterocycles. The number of thiazole rings is 1. The summed E-state index contributed by atoms with van der Waals surface area (Å²) in [5, 5.41) is 29.8. The molecule has 1 aromatic carbocycles. The predicted molar refractivity (Wildman–Crippen MR) is 142 cm³/mol. The third-order valence-electron chi connectivity index (χ3n) is 6.23. The number of nitrogens with one attached hydrogen (secondary N) is 3. The summed E-state index contributed by atoms with van der Waals surface area (Å²) in [5.74, 6) is 0.362. The molecule has 1 unspecified atom stereocenters. The number of halogens is 1. The van der Waals surface area contributed by atoms with Crippen molar-refractivity contribution < 1.29 is 14.6 Å². The highest BCUT2D eigenvalue weighted by atomic mass is 79.9. The minimum absolute atomic E-state index is 0.222. The molecule has 1 amide bonds. The molecule has 0 bridgehead atoms. The van der Waals surface area contributed by atoms with Gasteiger partial charge in [0.25, 0.3) is 5.91 Å². The van der Waals surface area contributed by atoms with Gasteiger partial charge in [0.05, 0.1) is 36.7 Å². The average Bonchev–Trinajstić information content (AvgIpc) is 3.64. The summed E-state index contributed by atoms with van der Waals surface area (Å²) in [6, 6.07) is 3.97. The van der Waals surface area contributed by atoms with E-state index in [1.807, 2.05) is 25.3 Å². The molecule has 4 N–H and O–H groups in total. The van der Waals surface area contributed by atoms with Gasteiger partial charge in [-0.05, 0) is 47.8 Å². The first-order valence-electron chi connectivity index (χ1n) is 11.6. The van der Waals surface area contributed by atoms with Gasteiger partial charge in [0.15, 0.2) is 10.9 Å². The first-order chi connectivity index (χ1) is 17.4. The van der Waals surface area contributed by atoms with Gasteiger partial charge in [0.1, 0.15) is 11.1 Å². The number of hydrogen-bond donors (Lipinski definition) is 4. The van der Waals surface area contributed by atoms with Crippen LogP contribution in [-0.4, -0.2) is 73.4 Å². The number of nitrogens with zero attached hydrogens (tertiary/aromatic N) is 5. The van der Waals surface area contributed by atoms with Crippen molar-refractivity contribution in [3.05, 3.63) is 45.6 Å². The van der Waals surface area contributed by atoms with Crippen molar-refractivity contribution in [1.82, 2.24) is 29.9 Å². The second-order valence-corrected chi connectivity index (χ2v) is 10.6. The lowest BCUT2D eigenvalue weighted by molar-refractivity contribution is -0.0352. The number of ether oxygens (including phenoxy) is 1. The third-order valence-corrected chi connectivity index (χ3v) is 7.80. The maximum absolute atomic E-state index is 12.9. The van der Waals surface area contributed by atoms with Gasteiger partial charge in [-0.3, -0.25) is 19.5 Å². The topological polar surface area (TPSA) is 133 Å². The Morgan fingerprint density at radius 2 is 2.28 bits per heavy atom. The number of aryl methyl sites for hydroxylation is 1. The summed E-state index contributed by atoms with van der Waals surface area (Å²) < 4.78 is 7.79. The number of anilines is 3. The van der Waals surface area contributed by atoms with Gasteiger partial charge < -0.3 is 20.5 Å². The Hall–Kier alpha value is -2.84. The fourth-order valence-electron chi connectivity index (χ4n) is 4.46. The maximum Gasteiger partial charge on any atom is 0.267 e. The van der Waals surface area contributed by atoms with E-state index in [0.29, 0.717) is 34.7 Å². The van der Waals surface area contributed by atoms with E-state index in [4.69, 9.17) is 4.74 Å². The molecule has 4 heterocycles. The van der Waals surface area contributed by atoms with Gasteiger partial charge in [-0.15, -0.1) is 0 Å². The molecular formula is C23H27BrN8O3S. The van der Waals surface area contributed by atoms with Gasteiger partial charge >= 0.3 is 0 Å². The summed E-state index contributed by atoms with van der Waals surface area (Å²) in [7, 11) is 1.68. The molecule has 0 spiro atoms. The number of aliphatic hydroxyl groups is 1. The van der Waals surface area contributed by atoms with Crippen molar-refractivity contribution in [2.75, 3.05) is 30.9 Å². The molecule has 11 nitrogen and oxygen atoms in total. The van der Waals surface area contributed by atoms with Crippen LogP contribution in [0.25, 0.3) is 10.9 Å². The van der Waals surface area contributed by atoms with Gasteiger partial charge in [0, 0.05) is 41.3 Å². The van der Waals surface area contributed by atoms with Gasteiger partial charge in [-0.25, -0.2) is 4.98 Å². The fraction of sp³-hybridized carbons (Fsp3) is 0.391. The summed E-state index contributed by atoms with van der Waals surface area (Å²) in [6.07, 6.45) is 6.51. The van der Waals surface area contributed by atoms with Crippen LogP contribution in [0.2, 0.25) is 0 Å². The lowest BCUT2D eigenvalue weighted by Gasteiger charge is -2.28. The number of amides is 1. The number of H-pyrrole nitrogens is 1. The molecule has 5 rings (SSSR count). The maximum atomic E-state index is 12.9. The molecule has 1 aliphatic heterocycles. The minimum Gasteiger partial charge on any atom is -0.383 e. The quantitative estimate of drug-likeness (QED) is 0.238. The normalized spacial score (nSPS) is 17.1. The van der Waals surface area contributed by atoms with E-state index >= 15 is 0 Å². The number of aromatic amines is 1. The van der Waals surface area contributed by atoms with E-state index in [9.17, 15) is 9.90 Å². The number of methoxy groups -OCH3 is 1. The van der Waals surface area contributed by atoms with Crippen LogP contribution in [-0.2, 0) is 11.3 Å². The summed E-state index contributed by atoms with van der Waals surface area (Å²) in [4.78, 5) is 19.8. The van der Waals surface area contributed by atoms with E-state index < -0.39 is 6.23 Å². The summed E-state index contributed by atoms with van der Waals surface area (Å²) >= 11 is 4.73. The molecule has 0 saturated carbocycles. The number of fused-ring (bicyclic) bond motifs is 1. The highest BCUT2D eigenvalue weighted by Crippen LogP contribution is 2.32. The van der Waals surface area contributed by atoms with Gasteiger partial charge in [-0.2, -0.15) is 10.2 Å². The van der Waals surface area contributed by atoms with Crippen molar-refractivity contribution in [2.24, 2.45) is 0 Å². The first-order valence-corrected chi connectivity index (χ1v) is 13.2. The second-order valence-electron chi connectivity index (χ2n) is 8.72. The number of hydrogen-bond acceptors (Lipinski definition) is 9. The number of aromatic nitrogens is 5. The highest BCUT2D eigenvalue weighted by molar-refractivity contribution is 9.10. The Morgan fingerprint density at radius 3 is 3.11 bits per heavy atom. The Bertz CT molecular complexity index is 1370. The molecule has 0 aliphatic carbocycles. The van der Waals surface area contributed by atoms with Crippen LogP contribution in [0.3, 0.4) is 0 Å². The van der Waals surface area contributed by atoms with E-state index in [1.54, 1.807) is 18.0 Å². The molecule has 4 aromatic rings. The number of likely N-dealkylation sites (tertiary alicyclic amines) is 1. The molecule has 13 heteroatoms. The van der Waals surface area contributed by atoms with Crippen LogP contribution in [0.15, 0.2) is 35.2 Å². The number of carbonyl (C=O) groups excluding carboxylic acids is 1. The standard InChI is InChI=1S/C23H27BrN8O3S/c1-13-10-31(11-19(33)32-7-3-4-14(32)12-35-2)30-21(13)28-23-25-9-18(36-23)22(34)27-20-15-8-26-29-17(15)6-5-16(20)24/h5-6,8-10,14,19,33H,3-4,7,11-12H2,1-2H3,(H,26,29)(H,27,34)(H,25,28,30)/t14-,19?/m1/s1. The summed E-state index contributed by atoms with van der Waals surface area (Å²) in [5.41, 5.74) is 2.39. The monoisotopic (exact) mass is 574 g/mol. The average molecular weight is 575 g/mol. The Labute approximate surface area is 220 Å². The number of aliphatic hydroxyl groups excluding tert-OH is 1. The Kier molecular flexibility index (Phi) is 7.34. The number of carbonyl (C=O) groups is 1. The van der Waals surface area contributed by atoms with Crippen molar-refractivity contribution in [2.45, 2.75) is 38.6 Å². The van der Waals surface area contributed by atoms with Crippen LogP contribution in [0.5, 0.6) is 0 Å². The SMILES string of the molecule is COC[C@H]1CCCN1C(O)Cn1cc(C)c(Nc2ncc(C(=O)Nc3c(Br)ccc4[nH]ncc34)s2)n1. The molecule has 0 radical (unpaired) electrons. The molecule has 2 atom stereocenters. The molecule has 190 valence electrons. The zero-order valence-corrected chi connectivity index (χ0v) is 22.3. The van der Waals surface area contributed by atoms with Crippen LogP contribution in [0.4, 0.5) is 16.6 Å². The minimum atomic E-state index is -0.644. The van der Waals surface area contributed by atoms with Gasteiger partial charge in [-0.1, -0.05) is 11.3 Å².